The molecule has 0 spiro atoms. The van der Waals surface area contributed by atoms with Gasteiger partial charge >= 0.3 is 0 Å². The fourth-order valence-corrected chi connectivity index (χ4v) is 3.57. The number of carbonyl (C=O) groups is 1. The van der Waals surface area contributed by atoms with Gasteiger partial charge in [-0.2, -0.15) is 0 Å². The van der Waals surface area contributed by atoms with Crippen molar-refractivity contribution in [2.75, 3.05) is 11.1 Å². The predicted octanol–water partition coefficient (Wildman–Crippen LogP) is 4.36. The summed E-state index contributed by atoms with van der Waals surface area (Å²) >= 11 is 14.7. The van der Waals surface area contributed by atoms with Crippen molar-refractivity contribution in [2.24, 2.45) is 0 Å². The van der Waals surface area contributed by atoms with Crippen molar-refractivity contribution in [3.8, 4) is 5.75 Å². The van der Waals surface area contributed by atoms with Crippen LogP contribution in [-0.2, 0) is 4.79 Å². The molecule has 1 aromatic heterocycles. The minimum atomic E-state index is -0.732. The van der Waals surface area contributed by atoms with Crippen LogP contribution in [0.2, 0.25) is 10.0 Å². The molecule has 0 bridgehead atoms. The van der Waals surface area contributed by atoms with E-state index in [9.17, 15) is 4.79 Å². The Balaban J connectivity index is 1.96. The van der Waals surface area contributed by atoms with Crippen LogP contribution in [-0.4, -0.2) is 28.0 Å². The summed E-state index contributed by atoms with van der Waals surface area (Å²) in [4.78, 5) is 12.1. The number of halogens is 2. The van der Waals surface area contributed by atoms with E-state index < -0.39 is 6.10 Å². The van der Waals surface area contributed by atoms with E-state index in [4.69, 9.17) is 27.9 Å². The molecule has 2 rings (SSSR count). The Hall–Kier alpha value is -1.02. The number of nitrogens with one attached hydrogen (secondary N) is 1. The van der Waals surface area contributed by atoms with Gasteiger partial charge in [0, 0.05) is 5.02 Å². The van der Waals surface area contributed by atoms with Gasteiger partial charge in [0.1, 0.15) is 5.75 Å². The highest BCUT2D eigenvalue weighted by Gasteiger charge is 2.18. The monoisotopic (exact) mass is 377 g/mol. The Morgan fingerprint density at radius 1 is 1.45 bits per heavy atom. The van der Waals surface area contributed by atoms with Crippen LogP contribution in [0.3, 0.4) is 0 Å². The molecule has 0 saturated carbocycles. The third-order valence-corrected chi connectivity index (χ3v) is 4.86. The summed E-state index contributed by atoms with van der Waals surface area (Å²) in [6.45, 7) is 3.65. The third kappa shape index (κ3) is 4.74. The number of thioether (sulfide) groups is 1. The van der Waals surface area contributed by atoms with Crippen LogP contribution < -0.4 is 10.1 Å². The zero-order chi connectivity index (χ0) is 16.1. The molecule has 2 aromatic rings. The van der Waals surface area contributed by atoms with Gasteiger partial charge in [0.25, 0.3) is 5.91 Å². The molecule has 0 unspecified atom stereocenters. The standard InChI is InChI=1S/C13H13Cl2N3O2S2/c1-3-21-13-18-17-12(22-13)16-11(19)7(2)20-10-5-4-8(14)6-9(10)15/h4-7H,3H2,1-2H3,(H,16,17,19)/t7-/m1/s1. The molecule has 1 aromatic carbocycles. The van der Waals surface area contributed by atoms with Crippen molar-refractivity contribution < 1.29 is 9.53 Å². The van der Waals surface area contributed by atoms with Crippen LogP contribution in [0.5, 0.6) is 5.75 Å². The number of hydrogen-bond acceptors (Lipinski definition) is 6. The Labute approximate surface area is 146 Å². The number of benzene rings is 1. The van der Waals surface area contributed by atoms with Crippen LogP contribution in [0.4, 0.5) is 5.13 Å². The Morgan fingerprint density at radius 2 is 2.23 bits per heavy atom. The maximum absolute atomic E-state index is 12.1. The number of rotatable bonds is 6. The van der Waals surface area contributed by atoms with Gasteiger partial charge in [-0.1, -0.05) is 53.2 Å². The maximum Gasteiger partial charge on any atom is 0.266 e. The molecule has 0 aliphatic rings. The number of ether oxygens (including phenoxy) is 1. The van der Waals surface area contributed by atoms with Gasteiger partial charge in [-0.15, -0.1) is 10.2 Å². The molecule has 0 aliphatic carbocycles. The highest BCUT2D eigenvalue weighted by atomic mass is 35.5. The number of aromatic nitrogens is 2. The molecule has 9 heteroatoms. The van der Waals surface area contributed by atoms with Gasteiger partial charge < -0.3 is 4.74 Å². The summed E-state index contributed by atoms with van der Waals surface area (Å²) in [5.41, 5.74) is 0. The lowest BCUT2D eigenvalue weighted by atomic mass is 10.3. The lowest BCUT2D eigenvalue weighted by molar-refractivity contribution is -0.122. The van der Waals surface area contributed by atoms with E-state index in [2.05, 4.69) is 15.5 Å². The largest absolute Gasteiger partial charge is 0.479 e. The van der Waals surface area contributed by atoms with Gasteiger partial charge in [-0.25, -0.2) is 0 Å². The molecule has 1 heterocycles. The zero-order valence-electron chi connectivity index (χ0n) is 11.8. The Bertz CT molecular complexity index is 666. The van der Waals surface area contributed by atoms with E-state index in [1.165, 1.54) is 11.3 Å². The van der Waals surface area contributed by atoms with E-state index in [0.717, 1.165) is 10.1 Å². The fraction of sp³-hybridized carbons (Fsp3) is 0.308. The number of nitrogens with zero attached hydrogens (tertiary/aromatic N) is 2. The predicted molar refractivity (Wildman–Crippen MR) is 91.5 cm³/mol. The van der Waals surface area contributed by atoms with E-state index in [1.807, 2.05) is 6.92 Å². The second-order valence-corrected chi connectivity index (χ2v) is 7.46. The smallest absolute Gasteiger partial charge is 0.266 e. The summed E-state index contributed by atoms with van der Waals surface area (Å²) in [5.74, 6) is 0.973. The van der Waals surface area contributed by atoms with Crippen molar-refractivity contribution in [3.05, 3.63) is 28.2 Å². The minimum Gasteiger partial charge on any atom is -0.479 e. The zero-order valence-corrected chi connectivity index (χ0v) is 14.9. The van der Waals surface area contributed by atoms with E-state index in [-0.39, 0.29) is 5.91 Å². The average molecular weight is 378 g/mol. The van der Waals surface area contributed by atoms with Crippen molar-refractivity contribution in [3.63, 3.8) is 0 Å². The highest BCUT2D eigenvalue weighted by molar-refractivity contribution is 8.01. The molecule has 118 valence electrons. The first-order chi connectivity index (χ1) is 10.5. The molecule has 1 N–H and O–H groups in total. The number of anilines is 1. The molecule has 0 saturated heterocycles. The second kappa shape index (κ2) is 8.01. The van der Waals surface area contributed by atoms with Crippen LogP contribution in [0, 0.1) is 0 Å². The summed E-state index contributed by atoms with van der Waals surface area (Å²) in [6, 6.07) is 4.82. The van der Waals surface area contributed by atoms with Crippen molar-refractivity contribution in [1.82, 2.24) is 10.2 Å². The minimum absolute atomic E-state index is 0.324. The van der Waals surface area contributed by atoms with Crippen molar-refractivity contribution in [1.29, 1.82) is 0 Å². The first kappa shape index (κ1) is 17.3. The second-order valence-electron chi connectivity index (χ2n) is 4.13. The van der Waals surface area contributed by atoms with Crippen LogP contribution >= 0.6 is 46.3 Å². The fourth-order valence-electron chi connectivity index (χ4n) is 1.46. The number of hydrogen-bond donors (Lipinski definition) is 1. The van der Waals surface area contributed by atoms with E-state index >= 15 is 0 Å². The van der Waals surface area contributed by atoms with Crippen molar-refractivity contribution >= 4 is 57.3 Å². The van der Waals surface area contributed by atoms with Gasteiger partial charge in [0.05, 0.1) is 5.02 Å². The van der Waals surface area contributed by atoms with Gasteiger partial charge in [-0.3, -0.25) is 10.1 Å². The average Bonchev–Trinajstić information content (AvgIpc) is 2.89. The Kier molecular flexibility index (Phi) is 6.31. The topological polar surface area (TPSA) is 64.1 Å². The van der Waals surface area contributed by atoms with Crippen LogP contribution in [0.25, 0.3) is 0 Å². The van der Waals surface area contributed by atoms with Crippen LogP contribution in [0.15, 0.2) is 22.5 Å². The number of carbonyl (C=O) groups excluding carboxylic acids is 1. The van der Waals surface area contributed by atoms with Gasteiger partial charge in [0.2, 0.25) is 5.13 Å². The van der Waals surface area contributed by atoms with Crippen LogP contribution in [0.1, 0.15) is 13.8 Å². The van der Waals surface area contributed by atoms with Gasteiger partial charge in [0.15, 0.2) is 10.4 Å². The Morgan fingerprint density at radius 3 is 2.91 bits per heavy atom. The molecular weight excluding hydrogens is 365 g/mol. The lowest BCUT2D eigenvalue weighted by Crippen LogP contribution is -2.30. The molecule has 0 radical (unpaired) electrons. The summed E-state index contributed by atoms with van der Waals surface area (Å²) in [5, 5.41) is 11.8. The molecule has 5 nitrogen and oxygen atoms in total. The normalized spacial score (nSPS) is 12.0. The first-order valence-electron chi connectivity index (χ1n) is 6.38. The highest BCUT2D eigenvalue weighted by Crippen LogP contribution is 2.29. The van der Waals surface area contributed by atoms with Gasteiger partial charge in [-0.05, 0) is 30.9 Å². The quantitative estimate of drug-likeness (QED) is 0.598. The maximum atomic E-state index is 12.1. The molecule has 22 heavy (non-hydrogen) atoms. The lowest BCUT2D eigenvalue weighted by Gasteiger charge is -2.14. The molecule has 1 atom stereocenters. The van der Waals surface area contributed by atoms with E-state index in [0.29, 0.717) is 20.9 Å². The summed E-state index contributed by atoms with van der Waals surface area (Å²) < 4.78 is 6.35. The van der Waals surface area contributed by atoms with Crippen molar-refractivity contribution in [2.45, 2.75) is 24.3 Å². The first-order valence-corrected chi connectivity index (χ1v) is 8.94. The summed E-state index contributed by atoms with van der Waals surface area (Å²) in [7, 11) is 0. The third-order valence-electron chi connectivity index (χ3n) is 2.47. The van der Waals surface area contributed by atoms with E-state index in [1.54, 1.807) is 36.9 Å². The summed E-state index contributed by atoms with van der Waals surface area (Å²) in [6.07, 6.45) is -0.732. The molecule has 1 amide bonds. The molecule has 0 fully saturated rings. The number of amides is 1. The SMILES string of the molecule is CCSc1nnc(NC(=O)[C@@H](C)Oc2ccc(Cl)cc2Cl)s1. The molecular formula is C13H13Cl2N3O2S2. The molecule has 0 aliphatic heterocycles.